The molecule has 4 heteroatoms. The van der Waals surface area contributed by atoms with Crippen molar-refractivity contribution in [1.29, 1.82) is 0 Å². The molecule has 36 heavy (non-hydrogen) atoms. The molecule has 0 saturated carbocycles. The van der Waals surface area contributed by atoms with E-state index in [1.807, 2.05) is 125 Å². The van der Waals surface area contributed by atoms with Gasteiger partial charge in [-0.25, -0.2) is 0 Å². The van der Waals surface area contributed by atoms with Crippen molar-refractivity contribution in [3.05, 3.63) is 119 Å². The van der Waals surface area contributed by atoms with Crippen molar-refractivity contribution in [2.24, 2.45) is 0 Å². The smallest absolute Gasteiger partial charge is 0.173 e. The Hall–Kier alpha value is -4.18. The second-order valence-electron chi connectivity index (χ2n) is 8.44. The van der Waals surface area contributed by atoms with Crippen LogP contribution in [0.4, 0.5) is 0 Å². The fraction of sp³-hybridized carbons (Fsp3) is 0.188. The Bertz CT molecular complexity index is 1280. The lowest BCUT2D eigenvalue weighted by Gasteiger charge is -2.09. The van der Waals surface area contributed by atoms with Crippen LogP contribution in [-0.4, -0.2) is 11.6 Å². The molecule has 0 aromatic heterocycles. The molecule has 0 aliphatic carbocycles. The first-order valence-electron chi connectivity index (χ1n) is 12.3. The Morgan fingerprint density at radius 3 is 1.17 bits per heavy atom. The summed E-state index contributed by atoms with van der Waals surface area (Å²) in [6.07, 6.45) is 0. The number of hydrogen-bond acceptors (Lipinski definition) is 4. The van der Waals surface area contributed by atoms with Gasteiger partial charge in [-0.15, -0.1) is 0 Å². The number of ether oxygens (including phenoxy) is 2. The van der Waals surface area contributed by atoms with Crippen LogP contribution < -0.4 is 9.47 Å². The molecule has 182 valence electrons. The van der Waals surface area contributed by atoms with Gasteiger partial charge in [-0.1, -0.05) is 88.4 Å². The van der Waals surface area contributed by atoms with Crippen LogP contribution in [0.1, 0.15) is 71.4 Å². The fourth-order valence-electron chi connectivity index (χ4n) is 4.37. The van der Waals surface area contributed by atoms with E-state index in [0.717, 1.165) is 22.6 Å². The number of Topliss-reactive ketones (excluding diaryl/α,β-unsaturated/α-hetero) is 2. The van der Waals surface area contributed by atoms with E-state index in [4.69, 9.17) is 9.47 Å². The summed E-state index contributed by atoms with van der Waals surface area (Å²) in [7, 11) is 0. The predicted molar refractivity (Wildman–Crippen MR) is 143 cm³/mol. The molecule has 2 aliphatic heterocycles. The second kappa shape index (κ2) is 11.0. The van der Waals surface area contributed by atoms with Gasteiger partial charge >= 0.3 is 0 Å². The summed E-state index contributed by atoms with van der Waals surface area (Å²) in [5, 5.41) is 0. The molecule has 2 heterocycles. The summed E-state index contributed by atoms with van der Waals surface area (Å²) in [5.74, 6) is 2.76. The molecule has 2 unspecified atom stereocenters. The van der Waals surface area contributed by atoms with Crippen molar-refractivity contribution in [1.82, 2.24) is 0 Å². The molecule has 2 atom stereocenters. The zero-order chi connectivity index (χ0) is 25.7. The SMILES string of the molecule is CC.CC1C(=O)c2ccccc2Oc2ccccc21.CC1C(=O)c2ccccc2Oc2ccccc21. The molecule has 0 amide bonds. The fourth-order valence-corrected chi connectivity index (χ4v) is 4.37. The largest absolute Gasteiger partial charge is 0.456 e. The van der Waals surface area contributed by atoms with Gasteiger partial charge in [0.1, 0.15) is 23.0 Å². The van der Waals surface area contributed by atoms with Crippen LogP contribution in [0.5, 0.6) is 23.0 Å². The van der Waals surface area contributed by atoms with E-state index in [2.05, 4.69) is 0 Å². The maximum Gasteiger partial charge on any atom is 0.173 e. The van der Waals surface area contributed by atoms with Crippen molar-refractivity contribution >= 4 is 11.6 Å². The Kier molecular flexibility index (Phi) is 7.65. The zero-order valence-electron chi connectivity index (χ0n) is 21.0. The van der Waals surface area contributed by atoms with Crippen LogP contribution in [0.3, 0.4) is 0 Å². The van der Waals surface area contributed by atoms with E-state index in [9.17, 15) is 9.59 Å². The first kappa shape index (κ1) is 24.9. The number of carbonyl (C=O) groups excluding carboxylic acids is 2. The van der Waals surface area contributed by atoms with E-state index in [1.54, 1.807) is 0 Å². The van der Waals surface area contributed by atoms with Gasteiger partial charge in [0.25, 0.3) is 0 Å². The number of para-hydroxylation sites is 4. The second-order valence-corrected chi connectivity index (χ2v) is 8.44. The van der Waals surface area contributed by atoms with Crippen LogP contribution >= 0.6 is 0 Å². The molecule has 0 bridgehead atoms. The summed E-state index contributed by atoms with van der Waals surface area (Å²) in [4.78, 5) is 24.6. The number of hydrogen-bond donors (Lipinski definition) is 0. The number of fused-ring (bicyclic) bond motifs is 4. The molecule has 4 aromatic carbocycles. The third-order valence-corrected chi connectivity index (χ3v) is 6.30. The van der Waals surface area contributed by atoms with Crippen LogP contribution in [0.2, 0.25) is 0 Å². The highest BCUT2D eigenvalue weighted by Crippen LogP contribution is 2.39. The molecule has 6 rings (SSSR count). The predicted octanol–water partition coefficient (Wildman–Crippen LogP) is 8.58. The lowest BCUT2D eigenvalue weighted by molar-refractivity contribution is 0.0959. The third-order valence-electron chi connectivity index (χ3n) is 6.30. The minimum atomic E-state index is -0.158. The Morgan fingerprint density at radius 2 is 0.778 bits per heavy atom. The zero-order valence-corrected chi connectivity index (χ0v) is 21.0. The van der Waals surface area contributed by atoms with Crippen molar-refractivity contribution < 1.29 is 19.1 Å². The molecule has 4 nitrogen and oxygen atoms in total. The maximum atomic E-state index is 12.3. The van der Waals surface area contributed by atoms with Gasteiger partial charge in [0, 0.05) is 23.0 Å². The van der Waals surface area contributed by atoms with Gasteiger partial charge in [0.2, 0.25) is 0 Å². The Morgan fingerprint density at radius 1 is 0.472 bits per heavy atom. The third kappa shape index (κ3) is 4.80. The number of benzene rings is 4. The van der Waals surface area contributed by atoms with Crippen LogP contribution in [-0.2, 0) is 0 Å². The molecule has 0 spiro atoms. The van der Waals surface area contributed by atoms with E-state index in [-0.39, 0.29) is 23.4 Å². The number of rotatable bonds is 0. The van der Waals surface area contributed by atoms with E-state index in [1.165, 1.54) is 0 Å². The molecular formula is C32H30O4. The first-order valence-corrected chi connectivity index (χ1v) is 12.3. The lowest BCUT2D eigenvalue weighted by Crippen LogP contribution is -2.07. The van der Waals surface area contributed by atoms with E-state index < -0.39 is 0 Å². The summed E-state index contributed by atoms with van der Waals surface area (Å²) in [6, 6.07) is 30.2. The van der Waals surface area contributed by atoms with Gasteiger partial charge in [0.05, 0.1) is 11.1 Å². The van der Waals surface area contributed by atoms with E-state index in [0.29, 0.717) is 22.6 Å². The quantitative estimate of drug-likeness (QED) is 0.254. The van der Waals surface area contributed by atoms with Crippen molar-refractivity contribution in [3.63, 3.8) is 0 Å². The Labute approximate surface area is 212 Å². The van der Waals surface area contributed by atoms with Crippen molar-refractivity contribution in [3.8, 4) is 23.0 Å². The van der Waals surface area contributed by atoms with Gasteiger partial charge in [-0.2, -0.15) is 0 Å². The molecule has 4 aromatic rings. The lowest BCUT2D eigenvalue weighted by atomic mass is 9.92. The summed E-state index contributed by atoms with van der Waals surface area (Å²) >= 11 is 0. The Balaban J connectivity index is 0.000000158. The van der Waals surface area contributed by atoms with Crippen LogP contribution in [0.15, 0.2) is 97.1 Å². The molecule has 0 fully saturated rings. The van der Waals surface area contributed by atoms with Gasteiger partial charge < -0.3 is 9.47 Å². The summed E-state index contributed by atoms with van der Waals surface area (Å²) in [5.41, 5.74) is 3.23. The molecule has 0 saturated heterocycles. The van der Waals surface area contributed by atoms with Gasteiger partial charge in [-0.05, 0) is 36.4 Å². The molecule has 0 N–H and O–H groups in total. The topological polar surface area (TPSA) is 52.6 Å². The molecule has 2 aliphatic rings. The highest BCUT2D eigenvalue weighted by molar-refractivity contribution is 6.04. The van der Waals surface area contributed by atoms with Gasteiger partial charge in [-0.3, -0.25) is 9.59 Å². The van der Waals surface area contributed by atoms with Crippen molar-refractivity contribution in [2.75, 3.05) is 0 Å². The summed E-state index contributed by atoms with van der Waals surface area (Å²) in [6.45, 7) is 7.85. The number of carbonyl (C=O) groups is 2. The highest BCUT2D eigenvalue weighted by Gasteiger charge is 2.28. The average Bonchev–Trinajstić information content (AvgIpc) is 3.11. The summed E-state index contributed by atoms with van der Waals surface area (Å²) < 4.78 is 11.6. The van der Waals surface area contributed by atoms with Gasteiger partial charge in [0.15, 0.2) is 11.6 Å². The standard InChI is InChI=1S/2C15H12O2.C2H6/c2*1-10-11-6-2-4-8-13(11)17-14-9-5-3-7-12(14)15(10)16;1-2/h2*2-10H,1H3;1-2H3. The minimum Gasteiger partial charge on any atom is -0.456 e. The number of ketones is 2. The van der Waals surface area contributed by atoms with Crippen LogP contribution in [0, 0.1) is 0 Å². The maximum absolute atomic E-state index is 12.3. The minimum absolute atomic E-state index is 0.116. The monoisotopic (exact) mass is 478 g/mol. The first-order chi connectivity index (χ1) is 17.5. The molecular weight excluding hydrogens is 448 g/mol. The van der Waals surface area contributed by atoms with E-state index >= 15 is 0 Å². The normalized spacial score (nSPS) is 16.9. The van der Waals surface area contributed by atoms with Crippen molar-refractivity contribution in [2.45, 2.75) is 39.5 Å². The average molecular weight is 479 g/mol. The van der Waals surface area contributed by atoms with Crippen LogP contribution in [0.25, 0.3) is 0 Å². The molecule has 0 radical (unpaired) electrons. The highest BCUT2D eigenvalue weighted by atomic mass is 16.5.